The maximum atomic E-state index is 12.2. The van der Waals surface area contributed by atoms with Gasteiger partial charge in [-0.15, -0.1) is 0 Å². The molecule has 0 aliphatic rings. The molecule has 0 radical (unpaired) electrons. The van der Waals surface area contributed by atoms with Crippen molar-refractivity contribution in [3.8, 4) is 5.75 Å². The van der Waals surface area contributed by atoms with Gasteiger partial charge in [-0.2, -0.15) is 0 Å². The van der Waals surface area contributed by atoms with Gasteiger partial charge in [0, 0.05) is 19.5 Å². The second kappa shape index (κ2) is 9.59. The lowest BCUT2D eigenvalue weighted by Crippen LogP contribution is -2.32. The van der Waals surface area contributed by atoms with Gasteiger partial charge in [-0.1, -0.05) is 24.3 Å². The molecule has 7 heteroatoms. The lowest BCUT2D eigenvalue weighted by molar-refractivity contribution is -0.121. The van der Waals surface area contributed by atoms with Gasteiger partial charge in [-0.3, -0.25) is 9.10 Å². The predicted octanol–water partition coefficient (Wildman–Crippen LogP) is 3.17. The van der Waals surface area contributed by atoms with Crippen molar-refractivity contribution in [3.63, 3.8) is 0 Å². The monoisotopic (exact) mass is 404 g/mol. The fourth-order valence-electron chi connectivity index (χ4n) is 2.89. The Morgan fingerprint density at radius 2 is 1.79 bits per heavy atom. The highest BCUT2D eigenvalue weighted by Gasteiger charge is 2.19. The Labute approximate surface area is 167 Å². The number of carbonyl (C=O) groups excluding carboxylic acids is 1. The summed E-state index contributed by atoms with van der Waals surface area (Å²) < 4.78 is 31.0. The summed E-state index contributed by atoms with van der Waals surface area (Å²) in [5, 5.41) is 2.86. The van der Waals surface area contributed by atoms with Gasteiger partial charge >= 0.3 is 0 Å². The van der Waals surface area contributed by atoms with Crippen LogP contribution in [-0.4, -0.2) is 34.2 Å². The number of nitrogens with one attached hydrogen (secondary N) is 1. The zero-order chi connectivity index (χ0) is 20.7. The van der Waals surface area contributed by atoms with Gasteiger partial charge in [0.1, 0.15) is 5.75 Å². The summed E-state index contributed by atoms with van der Waals surface area (Å²) in [7, 11) is -1.82. The van der Waals surface area contributed by atoms with E-state index in [0.717, 1.165) is 22.4 Å². The maximum Gasteiger partial charge on any atom is 0.232 e. The molecule has 0 aromatic heterocycles. The summed E-state index contributed by atoms with van der Waals surface area (Å²) in [4.78, 5) is 12.1. The number of sulfonamides is 1. The quantitative estimate of drug-likeness (QED) is 0.696. The topological polar surface area (TPSA) is 75.7 Å². The van der Waals surface area contributed by atoms with Crippen LogP contribution in [0.5, 0.6) is 5.75 Å². The number of carbonyl (C=O) groups is 1. The summed E-state index contributed by atoms with van der Waals surface area (Å²) >= 11 is 0. The third-order valence-corrected chi connectivity index (χ3v) is 5.84. The molecule has 152 valence electrons. The Bertz CT molecular complexity index is 909. The van der Waals surface area contributed by atoms with Crippen molar-refractivity contribution in [1.82, 2.24) is 5.32 Å². The van der Waals surface area contributed by atoms with Crippen LogP contribution in [0, 0.1) is 13.8 Å². The Morgan fingerprint density at radius 1 is 1.11 bits per heavy atom. The van der Waals surface area contributed by atoms with Gasteiger partial charge in [-0.25, -0.2) is 8.42 Å². The van der Waals surface area contributed by atoms with Crippen LogP contribution in [0.3, 0.4) is 0 Å². The first-order valence-corrected chi connectivity index (χ1v) is 11.0. The molecule has 2 aromatic carbocycles. The molecule has 1 amide bonds. The zero-order valence-electron chi connectivity index (χ0n) is 16.9. The van der Waals surface area contributed by atoms with E-state index in [4.69, 9.17) is 4.74 Å². The molecule has 0 heterocycles. The van der Waals surface area contributed by atoms with Crippen LogP contribution in [0.25, 0.3) is 0 Å². The molecule has 6 nitrogen and oxygen atoms in total. The van der Waals surface area contributed by atoms with Crippen LogP contribution in [0.4, 0.5) is 5.69 Å². The van der Waals surface area contributed by atoms with Gasteiger partial charge in [-0.05, 0) is 55.2 Å². The number of aryl methyl sites for hydroxylation is 1. The van der Waals surface area contributed by atoms with Crippen molar-refractivity contribution >= 4 is 21.6 Å². The van der Waals surface area contributed by atoms with E-state index in [1.54, 1.807) is 13.2 Å². The molecule has 0 saturated carbocycles. The molecule has 0 bridgehead atoms. The molecule has 2 aromatic rings. The second-order valence-electron chi connectivity index (χ2n) is 6.78. The van der Waals surface area contributed by atoms with Gasteiger partial charge in [0.15, 0.2) is 0 Å². The van der Waals surface area contributed by atoms with E-state index in [-0.39, 0.29) is 18.9 Å². The minimum Gasteiger partial charge on any atom is -0.497 e. The Morgan fingerprint density at radius 3 is 2.39 bits per heavy atom. The van der Waals surface area contributed by atoms with Crippen LogP contribution < -0.4 is 14.4 Å². The van der Waals surface area contributed by atoms with E-state index in [0.29, 0.717) is 18.7 Å². The van der Waals surface area contributed by atoms with Crippen LogP contribution in [0.15, 0.2) is 42.5 Å². The van der Waals surface area contributed by atoms with E-state index < -0.39 is 10.0 Å². The van der Waals surface area contributed by atoms with E-state index in [2.05, 4.69) is 5.32 Å². The first-order chi connectivity index (χ1) is 13.2. The number of anilines is 1. The van der Waals surface area contributed by atoms with Gasteiger partial charge in [0.05, 0.1) is 19.1 Å². The number of ether oxygens (including phenoxy) is 1. The predicted molar refractivity (Wildman–Crippen MR) is 112 cm³/mol. The number of amides is 1. The average Bonchev–Trinajstić information content (AvgIpc) is 2.65. The SMILES string of the molecule is COc1ccc(CNC(=O)CCCN(c2cccc(C)c2C)S(C)(=O)=O)cc1. The highest BCUT2D eigenvalue weighted by molar-refractivity contribution is 7.92. The average molecular weight is 405 g/mol. The minimum absolute atomic E-state index is 0.106. The third-order valence-electron chi connectivity index (χ3n) is 4.66. The normalized spacial score (nSPS) is 11.1. The highest BCUT2D eigenvalue weighted by Crippen LogP contribution is 2.25. The van der Waals surface area contributed by atoms with Crippen molar-refractivity contribution < 1.29 is 17.9 Å². The molecule has 0 aliphatic carbocycles. The molecule has 2 rings (SSSR count). The first-order valence-electron chi connectivity index (χ1n) is 9.16. The van der Waals surface area contributed by atoms with E-state index >= 15 is 0 Å². The fourth-order valence-corrected chi connectivity index (χ4v) is 3.90. The smallest absolute Gasteiger partial charge is 0.232 e. The molecule has 0 unspecified atom stereocenters. The Balaban J connectivity index is 1.91. The van der Waals surface area contributed by atoms with Gasteiger partial charge < -0.3 is 10.1 Å². The molecule has 1 N–H and O–H groups in total. The lowest BCUT2D eigenvalue weighted by Gasteiger charge is -2.24. The van der Waals surface area contributed by atoms with E-state index in [1.165, 1.54) is 10.6 Å². The number of rotatable bonds is 9. The fraction of sp³-hybridized carbons (Fsp3) is 0.381. The molecule has 0 saturated heterocycles. The summed E-state index contributed by atoms with van der Waals surface area (Å²) in [5.41, 5.74) is 3.60. The van der Waals surface area contributed by atoms with Crippen molar-refractivity contribution in [2.45, 2.75) is 33.2 Å². The summed E-state index contributed by atoms with van der Waals surface area (Å²) in [5.74, 6) is 0.660. The molecule has 0 spiro atoms. The molecule has 0 atom stereocenters. The summed E-state index contributed by atoms with van der Waals surface area (Å²) in [6.07, 6.45) is 1.89. The lowest BCUT2D eigenvalue weighted by atomic mass is 10.1. The standard InChI is InChI=1S/C21H28N2O4S/c1-16-7-5-8-20(17(16)2)23(28(4,25)26)14-6-9-21(24)22-15-18-10-12-19(27-3)13-11-18/h5,7-8,10-13H,6,9,14-15H2,1-4H3,(H,22,24). The van der Waals surface area contributed by atoms with Crippen molar-refractivity contribution in [2.24, 2.45) is 0 Å². The van der Waals surface area contributed by atoms with Crippen molar-refractivity contribution in [2.75, 3.05) is 24.2 Å². The Kier molecular flexibility index (Phi) is 7.45. The van der Waals surface area contributed by atoms with E-state index in [9.17, 15) is 13.2 Å². The summed E-state index contributed by atoms with van der Waals surface area (Å²) in [6.45, 7) is 4.55. The van der Waals surface area contributed by atoms with Crippen molar-refractivity contribution in [1.29, 1.82) is 0 Å². The van der Waals surface area contributed by atoms with Gasteiger partial charge in [0.2, 0.25) is 15.9 Å². The van der Waals surface area contributed by atoms with Crippen LogP contribution in [-0.2, 0) is 21.4 Å². The second-order valence-corrected chi connectivity index (χ2v) is 8.69. The van der Waals surface area contributed by atoms with Gasteiger partial charge in [0.25, 0.3) is 0 Å². The number of benzene rings is 2. The van der Waals surface area contributed by atoms with Crippen LogP contribution >= 0.6 is 0 Å². The highest BCUT2D eigenvalue weighted by atomic mass is 32.2. The number of methoxy groups -OCH3 is 1. The zero-order valence-corrected chi connectivity index (χ0v) is 17.7. The molecule has 28 heavy (non-hydrogen) atoms. The van der Waals surface area contributed by atoms with Crippen LogP contribution in [0.2, 0.25) is 0 Å². The largest absolute Gasteiger partial charge is 0.497 e. The van der Waals surface area contributed by atoms with E-state index in [1.807, 2.05) is 50.2 Å². The first kappa shape index (κ1) is 21.8. The number of nitrogens with zero attached hydrogens (tertiary/aromatic N) is 1. The van der Waals surface area contributed by atoms with Crippen LogP contribution in [0.1, 0.15) is 29.5 Å². The molecule has 0 aliphatic heterocycles. The molecular formula is C21H28N2O4S. The van der Waals surface area contributed by atoms with Crippen molar-refractivity contribution in [3.05, 3.63) is 59.2 Å². The molecular weight excluding hydrogens is 376 g/mol. The summed E-state index contributed by atoms with van der Waals surface area (Å²) in [6, 6.07) is 13.1. The Hall–Kier alpha value is -2.54. The number of hydrogen-bond donors (Lipinski definition) is 1. The third kappa shape index (κ3) is 5.99. The minimum atomic E-state index is -3.43. The maximum absolute atomic E-state index is 12.2. The molecule has 0 fully saturated rings. The number of hydrogen-bond acceptors (Lipinski definition) is 4.